The minimum absolute atomic E-state index is 0.263. The molecule has 0 unspecified atom stereocenters. The fourth-order valence-electron chi connectivity index (χ4n) is 1.81. The Hall–Kier alpha value is -1.14. The van der Waals surface area contributed by atoms with Gasteiger partial charge in [0.25, 0.3) is 0 Å². The number of hydrogen-bond donors (Lipinski definition) is 1. The number of aromatic nitrogens is 1. The molecule has 0 aliphatic carbocycles. The van der Waals surface area contributed by atoms with Gasteiger partial charge >= 0.3 is 0 Å². The summed E-state index contributed by atoms with van der Waals surface area (Å²) in [5.41, 5.74) is 0. The number of anilines is 1. The third-order valence-electron chi connectivity index (χ3n) is 2.76. The van der Waals surface area contributed by atoms with Gasteiger partial charge in [-0.05, 0) is 25.0 Å². The van der Waals surface area contributed by atoms with Crippen LogP contribution in [0.15, 0.2) is 23.2 Å². The summed E-state index contributed by atoms with van der Waals surface area (Å²) in [6.07, 6.45) is 3.32. The highest BCUT2D eigenvalue weighted by Crippen LogP contribution is 2.22. The summed E-state index contributed by atoms with van der Waals surface area (Å²) in [5, 5.41) is 3.07. The Morgan fingerprint density at radius 3 is 2.58 bits per heavy atom. The number of hydrogen-bond acceptors (Lipinski definition) is 4. The lowest BCUT2D eigenvalue weighted by Gasteiger charge is -2.21. The van der Waals surface area contributed by atoms with E-state index in [1.807, 2.05) is 20.8 Å². The number of rotatable bonds is 8. The highest BCUT2D eigenvalue weighted by molar-refractivity contribution is 7.89. The third-order valence-corrected chi connectivity index (χ3v) is 4.76. The predicted molar refractivity (Wildman–Crippen MR) is 77.7 cm³/mol. The molecule has 1 N–H and O–H groups in total. The topological polar surface area (TPSA) is 62.3 Å². The fraction of sp³-hybridized carbons (Fsp3) is 0.615. The summed E-state index contributed by atoms with van der Waals surface area (Å²) in [6, 6.07) is 3.27. The molecule has 0 fully saturated rings. The molecule has 0 spiro atoms. The van der Waals surface area contributed by atoms with E-state index >= 15 is 0 Å². The Morgan fingerprint density at radius 1 is 1.26 bits per heavy atom. The normalized spacial score (nSPS) is 11.8. The summed E-state index contributed by atoms with van der Waals surface area (Å²) in [6.45, 7) is 7.55. The SMILES string of the molecule is CCCNc1ncccc1S(=O)(=O)N(CC)CCC. The molecule has 6 heteroatoms. The second kappa shape index (κ2) is 7.45. The van der Waals surface area contributed by atoms with Crippen molar-refractivity contribution < 1.29 is 8.42 Å². The average molecular weight is 285 g/mol. The minimum atomic E-state index is -3.47. The van der Waals surface area contributed by atoms with Crippen LogP contribution in [0.4, 0.5) is 5.82 Å². The van der Waals surface area contributed by atoms with Crippen LogP contribution < -0.4 is 5.32 Å². The van der Waals surface area contributed by atoms with Crippen LogP contribution in [0.2, 0.25) is 0 Å². The molecule has 0 aliphatic rings. The second-order valence-corrected chi connectivity index (χ2v) is 6.18. The standard InChI is InChI=1S/C13H23N3O2S/c1-4-9-14-13-12(8-7-10-15-13)19(17,18)16(6-3)11-5-2/h7-8,10H,4-6,9,11H2,1-3H3,(H,14,15). The number of pyridine rings is 1. The highest BCUT2D eigenvalue weighted by atomic mass is 32.2. The van der Waals surface area contributed by atoms with E-state index in [2.05, 4.69) is 10.3 Å². The molecule has 108 valence electrons. The zero-order chi connectivity index (χ0) is 14.3. The molecule has 0 bridgehead atoms. The van der Waals surface area contributed by atoms with Crippen molar-refractivity contribution in [2.24, 2.45) is 0 Å². The van der Waals surface area contributed by atoms with Crippen LogP contribution in [0.5, 0.6) is 0 Å². The first-order valence-electron chi connectivity index (χ1n) is 6.76. The third kappa shape index (κ3) is 3.91. The zero-order valence-corrected chi connectivity index (χ0v) is 12.7. The van der Waals surface area contributed by atoms with E-state index in [0.717, 1.165) is 12.8 Å². The van der Waals surface area contributed by atoms with Gasteiger partial charge in [0.2, 0.25) is 10.0 Å². The van der Waals surface area contributed by atoms with Crippen LogP contribution in [0.25, 0.3) is 0 Å². The fourth-order valence-corrected chi connectivity index (χ4v) is 3.47. The van der Waals surface area contributed by atoms with Crippen molar-refractivity contribution in [1.29, 1.82) is 0 Å². The first kappa shape index (κ1) is 15.9. The highest BCUT2D eigenvalue weighted by Gasteiger charge is 2.25. The van der Waals surface area contributed by atoms with E-state index in [1.165, 1.54) is 4.31 Å². The van der Waals surface area contributed by atoms with Gasteiger partial charge in [-0.15, -0.1) is 0 Å². The number of nitrogens with one attached hydrogen (secondary N) is 1. The van der Waals surface area contributed by atoms with Crippen molar-refractivity contribution in [3.8, 4) is 0 Å². The van der Waals surface area contributed by atoms with E-state index in [0.29, 0.717) is 25.5 Å². The van der Waals surface area contributed by atoms with Crippen LogP contribution in [0, 0.1) is 0 Å². The maximum Gasteiger partial charge on any atom is 0.246 e. The molecule has 5 nitrogen and oxygen atoms in total. The van der Waals surface area contributed by atoms with Gasteiger partial charge in [-0.2, -0.15) is 4.31 Å². The Morgan fingerprint density at radius 2 is 2.00 bits per heavy atom. The van der Waals surface area contributed by atoms with Crippen molar-refractivity contribution in [2.45, 2.75) is 38.5 Å². The van der Waals surface area contributed by atoms with Gasteiger partial charge in [-0.25, -0.2) is 13.4 Å². The van der Waals surface area contributed by atoms with Crippen molar-refractivity contribution >= 4 is 15.8 Å². The predicted octanol–water partition coefficient (Wildman–Crippen LogP) is 2.32. The molecule has 19 heavy (non-hydrogen) atoms. The van der Waals surface area contributed by atoms with Gasteiger partial charge in [-0.1, -0.05) is 20.8 Å². The molecule has 0 saturated heterocycles. The van der Waals surface area contributed by atoms with Crippen LogP contribution in [-0.4, -0.2) is 37.3 Å². The lowest BCUT2D eigenvalue weighted by Crippen LogP contribution is -2.32. The van der Waals surface area contributed by atoms with Gasteiger partial charge in [0, 0.05) is 25.8 Å². The Labute approximate surface area is 116 Å². The minimum Gasteiger partial charge on any atom is -0.369 e. The summed E-state index contributed by atoms with van der Waals surface area (Å²) in [7, 11) is -3.47. The van der Waals surface area contributed by atoms with E-state index < -0.39 is 10.0 Å². The molecule has 1 rings (SSSR count). The molecule has 0 aliphatic heterocycles. The number of sulfonamides is 1. The quantitative estimate of drug-likeness (QED) is 0.796. The van der Waals surface area contributed by atoms with E-state index in [1.54, 1.807) is 18.3 Å². The second-order valence-electron chi connectivity index (χ2n) is 4.27. The molecular formula is C13H23N3O2S. The monoisotopic (exact) mass is 285 g/mol. The summed E-state index contributed by atoms with van der Waals surface area (Å²) in [5.74, 6) is 0.443. The molecular weight excluding hydrogens is 262 g/mol. The smallest absolute Gasteiger partial charge is 0.246 e. The lowest BCUT2D eigenvalue weighted by atomic mass is 10.4. The van der Waals surface area contributed by atoms with Crippen LogP contribution in [0.1, 0.15) is 33.6 Å². The molecule has 0 atom stereocenters. The maximum absolute atomic E-state index is 12.6. The summed E-state index contributed by atoms with van der Waals surface area (Å²) < 4.78 is 26.7. The van der Waals surface area contributed by atoms with E-state index in [9.17, 15) is 8.42 Å². The van der Waals surface area contributed by atoms with Crippen LogP contribution in [0.3, 0.4) is 0 Å². The molecule has 1 aromatic heterocycles. The van der Waals surface area contributed by atoms with Crippen molar-refractivity contribution in [2.75, 3.05) is 25.0 Å². The average Bonchev–Trinajstić information content (AvgIpc) is 2.42. The zero-order valence-electron chi connectivity index (χ0n) is 11.9. The van der Waals surface area contributed by atoms with Gasteiger partial charge in [0.15, 0.2) is 0 Å². The molecule has 0 saturated carbocycles. The molecule has 1 aromatic rings. The largest absolute Gasteiger partial charge is 0.369 e. The van der Waals surface area contributed by atoms with Crippen LogP contribution >= 0.6 is 0 Å². The van der Waals surface area contributed by atoms with Crippen molar-refractivity contribution in [3.05, 3.63) is 18.3 Å². The maximum atomic E-state index is 12.6. The lowest BCUT2D eigenvalue weighted by molar-refractivity contribution is 0.427. The van der Waals surface area contributed by atoms with Gasteiger partial charge in [-0.3, -0.25) is 0 Å². The Balaban J connectivity index is 3.12. The molecule has 1 heterocycles. The van der Waals surface area contributed by atoms with Gasteiger partial charge in [0.1, 0.15) is 10.7 Å². The van der Waals surface area contributed by atoms with Gasteiger partial charge in [0.05, 0.1) is 0 Å². The first-order chi connectivity index (χ1) is 9.07. The molecule has 0 radical (unpaired) electrons. The van der Waals surface area contributed by atoms with E-state index in [-0.39, 0.29) is 4.90 Å². The van der Waals surface area contributed by atoms with Crippen LogP contribution in [-0.2, 0) is 10.0 Å². The summed E-state index contributed by atoms with van der Waals surface area (Å²) >= 11 is 0. The Kier molecular flexibility index (Phi) is 6.24. The molecule has 0 amide bonds. The van der Waals surface area contributed by atoms with Crippen molar-refractivity contribution in [3.63, 3.8) is 0 Å². The first-order valence-corrected chi connectivity index (χ1v) is 8.20. The Bertz CT molecular complexity index is 488. The van der Waals surface area contributed by atoms with E-state index in [4.69, 9.17) is 0 Å². The van der Waals surface area contributed by atoms with Gasteiger partial charge < -0.3 is 5.32 Å². The van der Waals surface area contributed by atoms with Crippen molar-refractivity contribution in [1.82, 2.24) is 9.29 Å². The summed E-state index contributed by atoms with van der Waals surface area (Å²) in [4.78, 5) is 4.41. The number of nitrogens with zero attached hydrogens (tertiary/aromatic N) is 2. The molecule has 0 aromatic carbocycles.